The van der Waals surface area contributed by atoms with Gasteiger partial charge in [0.15, 0.2) is 5.79 Å². The van der Waals surface area contributed by atoms with Crippen molar-refractivity contribution in [2.24, 2.45) is 0 Å². The normalized spacial score (nSPS) is 36.2. The van der Waals surface area contributed by atoms with Crippen LogP contribution in [0.4, 0.5) is 0 Å². The molecule has 0 radical (unpaired) electrons. The van der Waals surface area contributed by atoms with Gasteiger partial charge in [0, 0.05) is 20.0 Å². The van der Waals surface area contributed by atoms with E-state index in [1.165, 1.54) is 5.56 Å². The highest BCUT2D eigenvalue weighted by atomic mass is 16.8. The van der Waals surface area contributed by atoms with Gasteiger partial charge in [0.2, 0.25) is 0 Å². The molecule has 2 bridgehead atoms. The smallest absolute Gasteiger partial charge is 0.195 e. The quantitative estimate of drug-likeness (QED) is 0.829. The van der Waals surface area contributed by atoms with E-state index in [4.69, 9.17) is 18.9 Å². The number of fused-ring (bicyclic) bond motifs is 2. The van der Waals surface area contributed by atoms with Crippen LogP contribution in [-0.4, -0.2) is 37.8 Å². The summed E-state index contributed by atoms with van der Waals surface area (Å²) in [5, 5.41) is 0. The fraction of sp³-hybridized carbons (Fsp3) is 0.625. The van der Waals surface area contributed by atoms with E-state index in [0.717, 1.165) is 12.8 Å². The topological polar surface area (TPSA) is 36.9 Å². The predicted octanol–water partition coefficient (Wildman–Crippen LogP) is 2.51. The molecular weight excluding hydrogens is 256 g/mol. The Labute approximate surface area is 120 Å². The fourth-order valence-electron chi connectivity index (χ4n) is 3.08. The highest BCUT2D eigenvalue weighted by Crippen LogP contribution is 2.41. The Morgan fingerprint density at radius 3 is 2.80 bits per heavy atom. The third-order valence-corrected chi connectivity index (χ3v) is 4.28. The molecule has 4 atom stereocenters. The van der Waals surface area contributed by atoms with Gasteiger partial charge in [-0.2, -0.15) is 0 Å². The van der Waals surface area contributed by atoms with E-state index in [-0.39, 0.29) is 18.3 Å². The molecule has 2 saturated heterocycles. The van der Waals surface area contributed by atoms with Crippen LogP contribution in [0.3, 0.4) is 0 Å². The molecular formula is C16H22O4. The average Bonchev–Trinajstić information content (AvgIpc) is 2.89. The largest absolute Gasteiger partial charge is 0.376 e. The van der Waals surface area contributed by atoms with E-state index in [1.807, 2.05) is 18.2 Å². The maximum Gasteiger partial charge on any atom is 0.195 e. The van der Waals surface area contributed by atoms with Gasteiger partial charge in [-0.1, -0.05) is 37.3 Å². The van der Waals surface area contributed by atoms with Crippen molar-refractivity contribution in [2.45, 2.75) is 50.5 Å². The van der Waals surface area contributed by atoms with Crippen molar-refractivity contribution in [3.05, 3.63) is 35.9 Å². The maximum atomic E-state index is 6.07. The molecule has 2 aliphatic rings. The van der Waals surface area contributed by atoms with Crippen molar-refractivity contribution in [3.8, 4) is 0 Å². The van der Waals surface area contributed by atoms with Crippen molar-refractivity contribution >= 4 is 0 Å². The Balaban J connectivity index is 1.64. The molecule has 0 aromatic heterocycles. The second-order valence-corrected chi connectivity index (χ2v) is 5.43. The summed E-state index contributed by atoms with van der Waals surface area (Å²) in [7, 11) is 1.71. The number of benzene rings is 1. The highest BCUT2D eigenvalue weighted by Gasteiger charge is 2.54. The molecule has 1 aromatic carbocycles. The number of ether oxygens (including phenoxy) is 4. The molecule has 1 unspecified atom stereocenters. The molecule has 0 N–H and O–H groups in total. The summed E-state index contributed by atoms with van der Waals surface area (Å²) in [4.78, 5) is 0. The maximum absolute atomic E-state index is 6.07. The van der Waals surface area contributed by atoms with Gasteiger partial charge < -0.3 is 18.9 Å². The summed E-state index contributed by atoms with van der Waals surface area (Å²) >= 11 is 0. The fourth-order valence-corrected chi connectivity index (χ4v) is 3.08. The number of methoxy groups -OCH3 is 1. The Hall–Kier alpha value is -0.940. The van der Waals surface area contributed by atoms with E-state index in [2.05, 4.69) is 19.1 Å². The van der Waals surface area contributed by atoms with Crippen LogP contribution >= 0.6 is 0 Å². The van der Waals surface area contributed by atoms with Gasteiger partial charge in [0.05, 0.1) is 19.3 Å². The molecule has 0 amide bonds. The minimum atomic E-state index is -0.563. The first kappa shape index (κ1) is 14.0. The van der Waals surface area contributed by atoms with E-state index in [0.29, 0.717) is 13.2 Å². The lowest BCUT2D eigenvalue weighted by molar-refractivity contribution is -0.275. The van der Waals surface area contributed by atoms with E-state index >= 15 is 0 Å². The summed E-state index contributed by atoms with van der Waals surface area (Å²) in [5.74, 6) is -0.563. The van der Waals surface area contributed by atoms with Crippen LogP contribution in [0.5, 0.6) is 0 Å². The summed E-state index contributed by atoms with van der Waals surface area (Å²) in [5.41, 5.74) is 1.17. The first-order valence-electron chi connectivity index (χ1n) is 7.27. The first-order valence-corrected chi connectivity index (χ1v) is 7.27. The average molecular weight is 278 g/mol. The Kier molecular flexibility index (Phi) is 4.08. The molecule has 4 nitrogen and oxygen atoms in total. The van der Waals surface area contributed by atoms with Gasteiger partial charge in [-0.3, -0.25) is 0 Å². The molecule has 0 aliphatic carbocycles. The lowest BCUT2D eigenvalue weighted by atomic mass is 9.96. The Bertz CT molecular complexity index is 435. The minimum absolute atomic E-state index is 0.0186. The van der Waals surface area contributed by atoms with Crippen molar-refractivity contribution < 1.29 is 18.9 Å². The van der Waals surface area contributed by atoms with Crippen LogP contribution in [0.1, 0.15) is 25.3 Å². The van der Waals surface area contributed by atoms with Crippen LogP contribution in [0.15, 0.2) is 30.3 Å². The summed E-state index contributed by atoms with van der Waals surface area (Å²) in [6.07, 6.45) is 1.61. The minimum Gasteiger partial charge on any atom is -0.376 e. The van der Waals surface area contributed by atoms with Crippen molar-refractivity contribution in [3.63, 3.8) is 0 Å². The van der Waals surface area contributed by atoms with Crippen LogP contribution < -0.4 is 0 Å². The van der Waals surface area contributed by atoms with Crippen LogP contribution in [0.25, 0.3) is 0 Å². The Morgan fingerprint density at radius 1 is 1.30 bits per heavy atom. The van der Waals surface area contributed by atoms with E-state index in [1.54, 1.807) is 7.11 Å². The predicted molar refractivity (Wildman–Crippen MR) is 74.3 cm³/mol. The third kappa shape index (κ3) is 2.49. The van der Waals surface area contributed by atoms with Crippen molar-refractivity contribution in [1.82, 2.24) is 0 Å². The molecule has 3 rings (SSSR count). The van der Waals surface area contributed by atoms with E-state index < -0.39 is 5.79 Å². The van der Waals surface area contributed by atoms with Crippen LogP contribution in [0.2, 0.25) is 0 Å². The third-order valence-electron chi connectivity index (χ3n) is 4.28. The van der Waals surface area contributed by atoms with E-state index in [9.17, 15) is 0 Å². The number of rotatable bonds is 5. The zero-order valence-corrected chi connectivity index (χ0v) is 12.1. The van der Waals surface area contributed by atoms with Gasteiger partial charge in [0.25, 0.3) is 0 Å². The van der Waals surface area contributed by atoms with Gasteiger partial charge in [0.1, 0.15) is 12.2 Å². The van der Waals surface area contributed by atoms with Crippen LogP contribution in [-0.2, 0) is 25.6 Å². The van der Waals surface area contributed by atoms with Crippen LogP contribution in [0, 0.1) is 0 Å². The molecule has 4 heteroatoms. The Morgan fingerprint density at radius 2 is 2.10 bits per heavy atom. The summed E-state index contributed by atoms with van der Waals surface area (Å²) in [6.45, 7) is 3.26. The molecule has 20 heavy (non-hydrogen) atoms. The second kappa shape index (κ2) is 5.82. The molecule has 0 saturated carbocycles. The molecule has 110 valence electrons. The first-order chi connectivity index (χ1) is 9.77. The summed E-state index contributed by atoms with van der Waals surface area (Å²) in [6, 6.07) is 10.2. The SMILES string of the molecule is CCC12OC[C@@H](O1)[C@@H](OCc1ccccc1)C[C@H]2OC. The zero-order chi connectivity index (χ0) is 14.0. The van der Waals surface area contributed by atoms with Gasteiger partial charge >= 0.3 is 0 Å². The number of hydrogen-bond acceptors (Lipinski definition) is 4. The standard InChI is InChI=1S/C16H22O4/c1-3-16-15(17-2)9-13(14(20-16)11-19-16)18-10-12-7-5-4-6-8-12/h4-8,13-15H,3,9-11H2,1-2H3/t13-,14+,15+,16?/m0/s1. The molecule has 2 fully saturated rings. The monoisotopic (exact) mass is 278 g/mol. The second-order valence-electron chi connectivity index (χ2n) is 5.43. The van der Waals surface area contributed by atoms with Gasteiger partial charge in [-0.05, 0) is 5.56 Å². The summed E-state index contributed by atoms with van der Waals surface area (Å²) < 4.78 is 23.5. The van der Waals surface area contributed by atoms with Gasteiger partial charge in [-0.25, -0.2) is 0 Å². The molecule has 2 aliphatic heterocycles. The highest BCUT2D eigenvalue weighted by molar-refractivity contribution is 5.13. The molecule has 1 aromatic rings. The lowest BCUT2D eigenvalue weighted by Crippen LogP contribution is -2.52. The molecule has 0 spiro atoms. The number of hydrogen-bond donors (Lipinski definition) is 0. The van der Waals surface area contributed by atoms with Gasteiger partial charge in [-0.15, -0.1) is 0 Å². The van der Waals surface area contributed by atoms with Crippen molar-refractivity contribution in [2.75, 3.05) is 13.7 Å². The van der Waals surface area contributed by atoms with Crippen molar-refractivity contribution in [1.29, 1.82) is 0 Å². The zero-order valence-electron chi connectivity index (χ0n) is 12.1. The lowest BCUT2D eigenvalue weighted by Gasteiger charge is -2.40. The molecule has 2 heterocycles.